The van der Waals surface area contributed by atoms with Gasteiger partial charge in [-0.25, -0.2) is 4.98 Å². The zero-order valence-electron chi connectivity index (χ0n) is 21.9. The zero-order chi connectivity index (χ0) is 26.6. The molecular formula is C30H31N5O3. The first kappa shape index (κ1) is 25.3. The van der Waals surface area contributed by atoms with Crippen molar-refractivity contribution < 1.29 is 13.9 Å². The Balaban J connectivity index is 1.19. The monoisotopic (exact) mass is 509 g/mol. The molecule has 0 saturated carbocycles. The van der Waals surface area contributed by atoms with Crippen LogP contribution in [0.25, 0.3) is 22.6 Å². The Morgan fingerprint density at radius 2 is 1.92 bits per heavy atom. The summed E-state index contributed by atoms with van der Waals surface area (Å²) in [6.45, 7) is 6.56. The number of rotatable bonds is 7. The minimum atomic E-state index is -0.0910. The van der Waals surface area contributed by atoms with E-state index in [2.05, 4.69) is 40.1 Å². The Morgan fingerprint density at radius 1 is 1.16 bits per heavy atom. The molecule has 2 aromatic heterocycles. The van der Waals surface area contributed by atoms with Crippen LogP contribution in [0.15, 0.2) is 59.0 Å². The SMILES string of the molecule is COc1cccc(N2CCC(CNC(=O)c3ccc(-c4nc5cc(C#N)cc(C(C)C)c5o4)cc3)CC2)n1. The predicted molar refractivity (Wildman–Crippen MR) is 146 cm³/mol. The molecule has 0 bridgehead atoms. The Hall–Kier alpha value is -4.38. The van der Waals surface area contributed by atoms with Gasteiger partial charge in [0.2, 0.25) is 11.8 Å². The lowest BCUT2D eigenvalue weighted by Gasteiger charge is -2.33. The molecule has 8 heteroatoms. The van der Waals surface area contributed by atoms with E-state index in [1.807, 2.05) is 36.4 Å². The van der Waals surface area contributed by atoms with Gasteiger partial charge in [0.25, 0.3) is 5.91 Å². The first-order valence-corrected chi connectivity index (χ1v) is 12.9. The third-order valence-corrected chi connectivity index (χ3v) is 7.07. The maximum atomic E-state index is 12.8. The Labute approximate surface area is 222 Å². The number of fused-ring (bicyclic) bond motifs is 1. The molecule has 5 rings (SSSR count). The Kier molecular flexibility index (Phi) is 7.27. The minimum Gasteiger partial charge on any atom is -0.481 e. The second-order valence-electron chi connectivity index (χ2n) is 9.96. The van der Waals surface area contributed by atoms with Crippen LogP contribution in [-0.4, -0.2) is 42.6 Å². The van der Waals surface area contributed by atoms with E-state index >= 15 is 0 Å². The van der Waals surface area contributed by atoms with Crippen LogP contribution in [0.2, 0.25) is 0 Å². The summed E-state index contributed by atoms with van der Waals surface area (Å²) in [7, 11) is 1.62. The van der Waals surface area contributed by atoms with Gasteiger partial charge in [-0.2, -0.15) is 10.2 Å². The van der Waals surface area contributed by atoms with Crippen molar-refractivity contribution in [3.05, 3.63) is 71.3 Å². The van der Waals surface area contributed by atoms with Gasteiger partial charge in [0.1, 0.15) is 11.3 Å². The number of anilines is 1. The summed E-state index contributed by atoms with van der Waals surface area (Å²) in [4.78, 5) is 24.2. The number of carbonyl (C=O) groups excluding carboxylic acids is 1. The van der Waals surface area contributed by atoms with Crippen LogP contribution in [0.3, 0.4) is 0 Å². The van der Waals surface area contributed by atoms with E-state index in [4.69, 9.17) is 9.15 Å². The van der Waals surface area contributed by atoms with Crippen molar-refractivity contribution in [3.63, 3.8) is 0 Å². The highest BCUT2D eigenvalue weighted by atomic mass is 16.5. The molecule has 2 aromatic carbocycles. The summed E-state index contributed by atoms with van der Waals surface area (Å²) in [5.41, 5.74) is 4.26. The number of carbonyl (C=O) groups is 1. The number of hydrogen-bond acceptors (Lipinski definition) is 7. The molecule has 1 amide bonds. The Morgan fingerprint density at radius 3 is 2.61 bits per heavy atom. The van der Waals surface area contributed by atoms with Crippen LogP contribution in [0.5, 0.6) is 5.88 Å². The molecule has 8 nitrogen and oxygen atoms in total. The number of amides is 1. The van der Waals surface area contributed by atoms with Gasteiger partial charge >= 0.3 is 0 Å². The van der Waals surface area contributed by atoms with Gasteiger partial charge in [-0.15, -0.1) is 0 Å². The highest BCUT2D eigenvalue weighted by Crippen LogP contribution is 2.31. The number of methoxy groups -OCH3 is 1. The molecule has 0 unspecified atom stereocenters. The van der Waals surface area contributed by atoms with E-state index < -0.39 is 0 Å². The van der Waals surface area contributed by atoms with E-state index in [1.54, 1.807) is 25.3 Å². The van der Waals surface area contributed by atoms with E-state index in [9.17, 15) is 10.1 Å². The number of nitriles is 1. The summed E-state index contributed by atoms with van der Waals surface area (Å²) in [5, 5.41) is 12.5. The Bertz CT molecular complexity index is 1480. The zero-order valence-corrected chi connectivity index (χ0v) is 21.9. The van der Waals surface area contributed by atoms with Crippen molar-refractivity contribution in [2.75, 3.05) is 31.6 Å². The van der Waals surface area contributed by atoms with Gasteiger partial charge in [-0.05, 0) is 67.1 Å². The average Bonchev–Trinajstić information content (AvgIpc) is 3.40. The highest BCUT2D eigenvalue weighted by Gasteiger charge is 2.21. The van der Waals surface area contributed by atoms with E-state index in [1.165, 1.54) is 0 Å². The predicted octanol–water partition coefficient (Wildman–Crippen LogP) is 5.54. The molecule has 1 fully saturated rings. The quantitative estimate of drug-likeness (QED) is 0.349. The van der Waals surface area contributed by atoms with Gasteiger partial charge in [0, 0.05) is 42.4 Å². The first-order valence-electron chi connectivity index (χ1n) is 12.9. The summed E-state index contributed by atoms with van der Waals surface area (Å²) >= 11 is 0. The molecule has 0 spiro atoms. The molecule has 0 radical (unpaired) electrons. The smallest absolute Gasteiger partial charge is 0.251 e. The van der Waals surface area contributed by atoms with Crippen LogP contribution in [-0.2, 0) is 0 Å². The lowest BCUT2D eigenvalue weighted by Crippen LogP contribution is -2.39. The third-order valence-electron chi connectivity index (χ3n) is 7.07. The number of piperidine rings is 1. The molecule has 1 N–H and O–H groups in total. The lowest BCUT2D eigenvalue weighted by atomic mass is 9.96. The van der Waals surface area contributed by atoms with Crippen molar-refractivity contribution >= 4 is 22.8 Å². The summed E-state index contributed by atoms with van der Waals surface area (Å²) in [5.74, 6) is 2.55. The molecule has 0 aliphatic carbocycles. The number of nitrogens with zero attached hydrogens (tertiary/aromatic N) is 4. The van der Waals surface area contributed by atoms with E-state index in [-0.39, 0.29) is 11.8 Å². The van der Waals surface area contributed by atoms with Gasteiger partial charge in [-0.1, -0.05) is 19.9 Å². The number of nitrogens with one attached hydrogen (secondary N) is 1. The topological polar surface area (TPSA) is 104 Å². The normalized spacial score (nSPS) is 14.0. The maximum Gasteiger partial charge on any atom is 0.251 e. The largest absolute Gasteiger partial charge is 0.481 e. The molecule has 3 heterocycles. The van der Waals surface area contributed by atoms with Crippen molar-refractivity contribution in [2.45, 2.75) is 32.6 Å². The van der Waals surface area contributed by atoms with Crippen LogP contribution in [0.4, 0.5) is 5.82 Å². The highest BCUT2D eigenvalue weighted by molar-refractivity contribution is 5.94. The van der Waals surface area contributed by atoms with Gasteiger partial charge in [-0.3, -0.25) is 4.79 Å². The molecule has 194 valence electrons. The molecule has 0 atom stereocenters. The van der Waals surface area contributed by atoms with Crippen molar-refractivity contribution in [3.8, 4) is 23.4 Å². The van der Waals surface area contributed by atoms with Crippen molar-refractivity contribution in [1.29, 1.82) is 5.26 Å². The molecule has 1 aliphatic heterocycles. The van der Waals surface area contributed by atoms with Gasteiger partial charge in [0.15, 0.2) is 5.58 Å². The standard InChI is InChI=1S/C30H31N5O3/c1-19(2)24-15-21(17-31)16-25-28(24)38-30(33-25)23-9-7-22(8-10-23)29(36)32-18-20-11-13-35(14-12-20)26-5-4-6-27(34-26)37-3/h4-10,15-16,19-20H,11-14,18H2,1-3H3,(H,32,36). The number of pyridine rings is 1. The fourth-order valence-corrected chi connectivity index (χ4v) is 4.84. The minimum absolute atomic E-state index is 0.0910. The molecule has 1 aliphatic rings. The number of ether oxygens (including phenoxy) is 1. The maximum absolute atomic E-state index is 12.8. The fraction of sp³-hybridized carbons (Fsp3) is 0.333. The lowest BCUT2D eigenvalue weighted by molar-refractivity contribution is 0.0945. The van der Waals surface area contributed by atoms with Crippen LogP contribution >= 0.6 is 0 Å². The first-order chi connectivity index (χ1) is 18.4. The molecular weight excluding hydrogens is 478 g/mol. The summed E-state index contributed by atoms with van der Waals surface area (Å²) in [6, 6.07) is 18.9. The van der Waals surface area contributed by atoms with Crippen molar-refractivity contribution in [1.82, 2.24) is 15.3 Å². The van der Waals surface area contributed by atoms with Gasteiger partial charge in [0.05, 0.1) is 18.7 Å². The van der Waals surface area contributed by atoms with Crippen molar-refractivity contribution in [2.24, 2.45) is 5.92 Å². The molecule has 38 heavy (non-hydrogen) atoms. The van der Waals surface area contributed by atoms with Gasteiger partial charge < -0.3 is 19.4 Å². The molecule has 1 saturated heterocycles. The third kappa shape index (κ3) is 5.32. The molecule has 4 aromatic rings. The summed E-state index contributed by atoms with van der Waals surface area (Å²) < 4.78 is 11.3. The number of oxazole rings is 1. The van der Waals surface area contributed by atoms with Crippen LogP contribution in [0, 0.1) is 17.2 Å². The second kappa shape index (κ2) is 10.9. The van der Waals surface area contributed by atoms with Crippen LogP contribution in [0.1, 0.15) is 54.1 Å². The fourth-order valence-electron chi connectivity index (χ4n) is 4.84. The second-order valence-corrected chi connectivity index (χ2v) is 9.96. The number of hydrogen-bond donors (Lipinski definition) is 1. The average molecular weight is 510 g/mol. The van der Waals surface area contributed by atoms with E-state index in [0.717, 1.165) is 42.9 Å². The van der Waals surface area contributed by atoms with Crippen LogP contribution < -0.4 is 15.0 Å². The van der Waals surface area contributed by atoms with E-state index in [0.29, 0.717) is 46.5 Å². The summed E-state index contributed by atoms with van der Waals surface area (Å²) in [6.07, 6.45) is 1.98. The number of aromatic nitrogens is 2. The number of benzene rings is 2.